The summed E-state index contributed by atoms with van der Waals surface area (Å²) in [6, 6.07) is 26.1. The van der Waals surface area contributed by atoms with Crippen LogP contribution in [0, 0.1) is 0 Å². The van der Waals surface area contributed by atoms with Crippen molar-refractivity contribution in [3.05, 3.63) is 95.6 Å². The second kappa shape index (κ2) is 15.0. The summed E-state index contributed by atoms with van der Waals surface area (Å²) in [6.45, 7) is 12.8. The van der Waals surface area contributed by atoms with E-state index in [1.807, 2.05) is 0 Å². The van der Waals surface area contributed by atoms with Crippen LogP contribution in [-0.4, -0.2) is 119 Å². The molecule has 8 rings (SSSR count). The maximum absolute atomic E-state index is 5.25. The Morgan fingerprint density at radius 1 is 0.440 bits per heavy atom. The van der Waals surface area contributed by atoms with E-state index in [4.69, 9.17) is 19.9 Å². The van der Waals surface area contributed by atoms with E-state index in [2.05, 4.69) is 117 Å². The first-order valence-corrected chi connectivity index (χ1v) is 18.1. The van der Waals surface area contributed by atoms with Gasteiger partial charge < -0.3 is 20.4 Å². The van der Waals surface area contributed by atoms with Gasteiger partial charge in [-0.25, -0.2) is 19.9 Å². The van der Waals surface area contributed by atoms with Gasteiger partial charge in [-0.15, -0.1) is 0 Å². The van der Waals surface area contributed by atoms with Crippen LogP contribution >= 0.6 is 0 Å². The summed E-state index contributed by atoms with van der Waals surface area (Å²) in [5, 5.41) is 11.8. The number of benzene rings is 2. The molecule has 10 nitrogen and oxygen atoms in total. The van der Waals surface area contributed by atoms with Crippen molar-refractivity contribution >= 4 is 43.6 Å². The largest absolute Gasteiger partial charge is 0.310 e. The molecule has 258 valence electrons. The topological polar surface area (TPSA) is 88.6 Å². The van der Waals surface area contributed by atoms with Crippen molar-refractivity contribution in [2.75, 3.05) is 79.5 Å². The van der Waals surface area contributed by atoms with Gasteiger partial charge in [-0.05, 0) is 38.4 Å². The Balaban J connectivity index is 1.08. The van der Waals surface area contributed by atoms with E-state index in [0.29, 0.717) is 0 Å². The van der Waals surface area contributed by atoms with Crippen LogP contribution in [0.5, 0.6) is 0 Å². The number of likely N-dealkylation sites (N-methyl/N-ethyl adjacent to an activating group) is 2. The molecule has 0 saturated carbocycles. The van der Waals surface area contributed by atoms with E-state index >= 15 is 0 Å². The van der Waals surface area contributed by atoms with Gasteiger partial charge in [0.05, 0.1) is 44.8 Å². The Morgan fingerprint density at radius 3 is 1.18 bits per heavy atom. The summed E-state index contributed by atoms with van der Waals surface area (Å²) in [7, 11) is 4.45. The van der Waals surface area contributed by atoms with Crippen LogP contribution in [0.15, 0.2) is 72.8 Å². The van der Waals surface area contributed by atoms with E-state index in [1.165, 1.54) is 0 Å². The van der Waals surface area contributed by atoms with E-state index in [1.54, 1.807) is 0 Å². The highest BCUT2D eigenvalue weighted by atomic mass is 15.2. The molecule has 0 spiro atoms. The number of hydrogen-bond donors (Lipinski definition) is 2. The minimum atomic E-state index is 0.757. The third kappa shape index (κ3) is 7.61. The standard InChI is InChI=1S/C40H48N10/c1-47-17-15-41-25-33-11-7-29-3-5-31-9-13-35(45-39(31)37(29)43-33)27-49(21-19-47)23-24-50-22-20-48(2)18-16-42-26-34-12-8-30-4-6-32-10-14-36(28-50)46-40(32)38(30)44-34/h3-14,41-42H,15-28H2,1-2H3. The zero-order valence-corrected chi connectivity index (χ0v) is 29.4. The van der Waals surface area contributed by atoms with Crippen LogP contribution in [0.1, 0.15) is 22.8 Å². The first-order chi connectivity index (χ1) is 24.5. The third-order valence-corrected chi connectivity index (χ3v) is 10.3. The summed E-state index contributed by atoms with van der Waals surface area (Å²) in [6.07, 6.45) is 0. The predicted octanol–water partition coefficient (Wildman–Crippen LogP) is 4.25. The van der Waals surface area contributed by atoms with E-state index in [9.17, 15) is 0 Å². The molecule has 0 radical (unpaired) electrons. The van der Waals surface area contributed by atoms with Gasteiger partial charge >= 0.3 is 0 Å². The molecule has 0 unspecified atom stereocenters. The van der Waals surface area contributed by atoms with Gasteiger partial charge in [-0.2, -0.15) is 0 Å². The lowest BCUT2D eigenvalue weighted by Crippen LogP contribution is -2.42. The van der Waals surface area contributed by atoms with Crippen LogP contribution < -0.4 is 10.6 Å². The van der Waals surface area contributed by atoms with Gasteiger partial charge in [0.2, 0.25) is 0 Å². The summed E-state index contributed by atoms with van der Waals surface area (Å²) in [5.74, 6) is 0. The van der Waals surface area contributed by atoms with E-state index in [0.717, 1.165) is 158 Å². The van der Waals surface area contributed by atoms with Crippen molar-refractivity contribution in [2.45, 2.75) is 26.2 Å². The van der Waals surface area contributed by atoms with E-state index in [-0.39, 0.29) is 0 Å². The average Bonchev–Trinajstić information content (AvgIpc) is 3.14. The molecule has 6 aromatic rings. The predicted molar refractivity (Wildman–Crippen MR) is 203 cm³/mol. The molecule has 4 aromatic heterocycles. The fraction of sp³-hybridized carbons (Fsp3) is 0.400. The number of fused-ring (bicyclic) bond motifs is 4. The van der Waals surface area contributed by atoms with Crippen LogP contribution in [0.2, 0.25) is 0 Å². The molecule has 0 fully saturated rings. The van der Waals surface area contributed by atoms with Gasteiger partial charge in [-0.1, -0.05) is 48.5 Å². The number of rotatable bonds is 3. The number of nitrogens with one attached hydrogen (secondary N) is 2. The highest BCUT2D eigenvalue weighted by Crippen LogP contribution is 2.25. The van der Waals surface area contributed by atoms with Crippen molar-refractivity contribution in [1.82, 2.24) is 50.2 Å². The van der Waals surface area contributed by atoms with Crippen molar-refractivity contribution in [2.24, 2.45) is 0 Å². The maximum Gasteiger partial charge on any atom is 0.0968 e. The normalized spacial score (nSPS) is 18.5. The molecule has 2 aromatic carbocycles. The second-order valence-corrected chi connectivity index (χ2v) is 14.1. The van der Waals surface area contributed by atoms with Crippen LogP contribution in [0.4, 0.5) is 0 Å². The average molecular weight is 669 g/mol. The molecule has 50 heavy (non-hydrogen) atoms. The van der Waals surface area contributed by atoms with Gasteiger partial charge in [0.1, 0.15) is 0 Å². The molecule has 0 atom stereocenters. The Labute approximate surface area is 294 Å². The molecule has 10 heteroatoms. The Bertz CT molecular complexity index is 1970. The third-order valence-electron chi connectivity index (χ3n) is 10.3. The number of pyridine rings is 4. The lowest BCUT2D eigenvalue weighted by molar-refractivity contribution is 0.163. The van der Waals surface area contributed by atoms with Crippen LogP contribution in [0.25, 0.3) is 43.6 Å². The summed E-state index contributed by atoms with van der Waals surface area (Å²) < 4.78 is 0. The van der Waals surface area contributed by atoms with Gasteiger partial charge in [0.15, 0.2) is 0 Å². The molecule has 2 N–H and O–H groups in total. The Kier molecular flexibility index (Phi) is 9.89. The fourth-order valence-corrected chi connectivity index (χ4v) is 7.17. The van der Waals surface area contributed by atoms with Crippen LogP contribution in [0.3, 0.4) is 0 Å². The fourth-order valence-electron chi connectivity index (χ4n) is 7.17. The molecule has 0 saturated heterocycles. The summed E-state index contributed by atoms with van der Waals surface area (Å²) in [5.41, 5.74) is 8.26. The van der Waals surface area contributed by atoms with Crippen molar-refractivity contribution in [1.29, 1.82) is 0 Å². The summed E-state index contributed by atoms with van der Waals surface area (Å²) in [4.78, 5) is 30.7. The molecule has 8 bridgehead atoms. The van der Waals surface area contributed by atoms with E-state index < -0.39 is 0 Å². The molecule has 2 aliphatic rings. The molecule has 2 aliphatic heterocycles. The lowest BCUT2D eigenvalue weighted by Gasteiger charge is -2.30. The molecule has 6 heterocycles. The first kappa shape index (κ1) is 33.0. The zero-order chi connectivity index (χ0) is 33.9. The zero-order valence-electron chi connectivity index (χ0n) is 29.4. The highest BCUT2D eigenvalue weighted by Gasteiger charge is 2.17. The molecular formula is C40H48N10. The minimum absolute atomic E-state index is 0.757. The smallest absolute Gasteiger partial charge is 0.0968 e. The number of nitrogens with zero attached hydrogens (tertiary/aromatic N) is 8. The van der Waals surface area contributed by atoms with Gasteiger partial charge in [0, 0.05) is 113 Å². The minimum Gasteiger partial charge on any atom is -0.310 e. The highest BCUT2D eigenvalue weighted by molar-refractivity contribution is 6.03. The Morgan fingerprint density at radius 2 is 0.780 bits per heavy atom. The van der Waals surface area contributed by atoms with Gasteiger partial charge in [-0.3, -0.25) is 9.80 Å². The molecule has 0 amide bonds. The molecular weight excluding hydrogens is 621 g/mol. The van der Waals surface area contributed by atoms with Crippen molar-refractivity contribution in [3.8, 4) is 0 Å². The maximum atomic E-state index is 5.25. The van der Waals surface area contributed by atoms with Crippen molar-refractivity contribution < 1.29 is 0 Å². The Hall–Kier alpha value is -4.16. The monoisotopic (exact) mass is 668 g/mol. The number of hydrogen-bond acceptors (Lipinski definition) is 10. The van der Waals surface area contributed by atoms with Crippen LogP contribution in [-0.2, 0) is 26.2 Å². The first-order valence-electron chi connectivity index (χ1n) is 18.1. The quantitative estimate of drug-likeness (QED) is 0.267. The number of aromatic nitrogens is 4. The summed E-state index contributed by atoms with van der Waals surface area (Å²) >= 11 is 0. The van der Waals surface area contributed by atoms with Crippen molar-refractivity contribution in [3.63, 3.8) is 0 Å². The molecule has 0 aliphatic carbocycles. The van der Waals surface area contributed by atoms with Gasteiger partial charge in [0.25, 0.3) is 0 Å². The SMILES string of the molecule is CN1CCNCc2ccc3ccc4ccc(nc4c3n2)CN(CCN2CCN(C)CCNCc3ccc4ccc5ccc(nc5c4n3)C2)CC1. The second-order valence-electron chi connectivity index (χ2n) is 14.1. The lowest BCUT2D eigenvalue weighted by atomic mass is 10.1.